The van der Waals surface area contributed by atoms with Gasteiger partial charge in [0.2, 0.25) is 5.91 Å². The Morgan fingerprint density at radius 2 is 1.95 bits per heavy atom. The van der Waals surface area contributed by atoms with Crippen molar-refractivity contribution >= 4 is 23.4 Å². The summed E-state index contributed by atoms with van der Waals surface area (Å²) in [5.74, 6) is 1.52. The van der Waals surface area contributed by atoms with E-state index in [2.05, 4.69) is 10.9 Å². The van der Waals surface area contributed by atoms with Crippen LogP contribution < -0.4 is 10.9 Å². The molecule has 0 aromatic heterocycles. The van der Waals surface area contributed by atoms with Gasteiger partial charge in [-0.25, -0.2) is 0 Å². The fourth-order valence-corrected chi connectivity index (χ4v) is 3.98. The van der Waals surface area contributed by atoms with Crippen LogP contribution in [0.5, 0.6) is 0 Å². The Kier molecular flexibility index (Phi) is 4.15. The summed E-state index contributed by atoms with van der Waals surface area (Å²) in [5.41, 5.74) is 5.29. The zero-order valence-electron chi connectivity index (χ0n) is 11.8. The lowest BCUT2D eigenvalue weighted by Crippen LogP contribution is -2.42. The lowest BCUT2D eigenvalue weighted by molar-refractivity contribution is -0.123. The Morgan fingerprint density at radius 3 is 2.62 bits per heavy atom. The Bertz CT molecular complexity index is 561. The molecule has 1 aromatic carbocycles. The first kappa shape index (κ1) is 14.4. The number of hydrogen-bond acceptors (Lipinski definition) is 2. The van der Waals surface area contributed by atoms with Crippen molar-refractivity contribution in [3.8, 4) is 0 Å². The Balaban J connectivity index is 1.48. The van der Waals surface area contributed by atoms with Gasteiger partial charge in [0, 0.05) is 6.42 Å². The highest BCUT2D eigenvalue weighted by molar-refractivity contribution is 6.33. The van der Waals surface area contributed by atoms with Gasteiger partial charge in [0.1, 0.15) is 0 Å². The topological polar surface area (TPSA) is 58.2 Å². The van der Waals surface area contributed by atoms with Gasteiger partial charge in [0.25, 0.3) is 5.91 Å². The molecule has 3 rings (SSSR count). The second-order valence-corrected chi connectivity index (χ2v) is 6.53. The molecule has 21 heavy (non-hydrogen) atoms. The van der Waals surface area contributed by atoms with E-state index in [1.165, 1.54) is 19.3 Å². The first-order valence-electron chi connectivity index (χ1n) is 7.47. The van der Waals surface area contributed by atoms with Gasteiger partial charge in [-0.2, -0.15) is 0 Å². The lowest BCUT2D eigenvalue weighted by Gasteiger charge is -2.20. The molecule has 3 atom stereocenters. The molecule has 0 spiro atoms. The minimum Gasteiger partial charge on any atom is -0.273 e. The van der Waals surface area contributed by atoms with Crippen molar-refractivity contribution in [3.05, 3.63) is 34.9 Å². The van der Waals surface area contributed by atoms with E-state index in [1.54, 1.807) is 24.3 Å². The molecule has 0 aliphatic heterocycles. The van der Waals surface area contributed by atoms with E-state index in [0.29, 0.717) is 28.8 Å². The molecule has 2 saturated carbocycles. The average Bonchev–Trinajstić information content (AvgIpc) is 3.08. The molecule has 2 N–H and O–H groups in total. The van der Waals surface area contributed by atoms with Gasteiger partial charge >= 0.3 is 0 Å². The SMILES string of the molecule is O=C(C[C@@H]1C[C@H]2CC[C@@H]1C2)NNC(=O)c1ccccc1Cl. The molecule has 2 aliphatic rings. The summed E-state index contributed by atoms with van der Waals surface area (Å²) in [6.07, 6.45) is 5.53. The maximum Gasteiger partial charge on any atom is 0.271 e. The third-order valence-electron chi connectivity index (χ3n) is 4.77. The summed E-state index contributed by atoms with van der Waals surface area (Å²) >= 11 is 5.94. The maximum atomic E-state index is 11.9. The number of hydrogen-bond donors (Lipinski definition) is 2. The molecule has 1 aromatic rings. The van der Waals surface area contributed by atoms with Crippen LogP contribution in [-0.2, 0) is 4.79 Å². The molecular weight excluding hydrogens is 288 g/mol. The van der Waals surface area contributed by atoms with E-state index < -0.39 is 0 Å². The molecular formula is C16H19ClN2O2. The highest BCUT2D eigenvalue weighted by Gasteiger charge is 2.40. The molecule has 112 valence electrons. The molecule has 2 bridgehead atoms. The Morgan fingerprint density at radius 1 is 1.14 bits per heavy atom. The highest BCUT2D eigenvalue weighted by Crippen LogP contribution is 2.49. The average molecular weight is 307 g/mol. The number of hydrazine groups is 1. The standard InChI is InChI=1S/C16H19ClN2O2/c17-14-4-2-1-3-13(14)16(21)19-18-15(20)9-12-8-10-5-6-11(12)7-10/h1-4,10-12H,5-9H2,(H,18,20)(H,19,21)/t10-,11+,12-/m0/s1. The quantitative estimate of drug-likeness (QED) is 0.844. The van der Waals surface area contributed by atoms with E-state index in [-0.39, 0.29) is 11.8 Å². The van der Waals surface area contributed by atoms with Crippen LogP contribution in [0.2, 0.25) is 5.02 Å². The number of fused-ring (bicyclic) bond motifs is 2. The van der Waals surface area contributed by atoms with Crippen molar-refractivity contribution in [2.75, 3.05) is 0 Å². The minimum atomic E-state index is -0.387. The monoisotopic (exact) mass is 306 g/mol. The van der Waals surface area contributed by atoms with E-state index in [4.69, 9.17) is 11.6 Å². The van der Waals surface area contributed by atoms with Crippen LogP contribution in [0.4, 0.5) is 0 Å². The largest absolute Gasteiger partial charge is 0.273 e. The van der Waals surface area contributed by atoms with Crippen molar-refractivity contribution in [2.45, 2.75) is 32.1 Å². The molecule has 0 saturated heterocycles. The van der Waals surface area contributed by atoms with Crippen LogP contribution in [0.1, 0.15) is 42.5 Å². The number of halogens is 1. The molecule has 0 radical (unpaired) electrons. The Labute approximate surface area is 129 Å². The van der Waals surface area contributed by atoms with Crippen LogP contribution in [0.25, 0.3) is 0 Å². The normalized spacial score (nSPS) is 26.6. The summed E-state index contributed by atoms with van der Waals surface area (Å²) in [4.78, 5) is 23.9. The zero-order valence-corrected chi connectivity index (χ0v) is 12.5. The summed E-state index contributed by atoms with van der Waals surface area (Å²) in [6.45, 7) is 0. The molecule has 0 heterocycles. The van der Waals surface area contributed by atoms with E-state index in [1.807, 2.05) is 0 Å². The summed E-state index contributed by atoms with van der Waals surface area (Å²) < 4.78 is 0. The van der Waals surface area contributed by atoms with Crippen LogP contribution in [0.15, 0.2) is 24.3 Å². The fourth-order valence-electron chi connectivity index (χ4n) is 3.75. The van der Waals surface area contributed by atoms with Gasteiger partial charge < -0.3 is 0 Å². The summed E-state index contributed by atoms with van der Waals surface area (Å²) in [5, 5.41) is 0.373. The van der Waals surface area contributed by atoms with Crippen LogP contribution in [-0.4, -0.2) is 11.8 Å². The van der Waals surface area contributed by atoms with Gasteiger partial charge in [-0.3, -0.25) is 20.4 Å². The van der Waals surface area contributed by atoms with Gasteiger partial charge in [-0.1, -0.05) is 30.2 Å². The third-order valence-corrected chi connectivity index (χ3v) is 5.10. The third kappa shape index (κ3) is 3.21. The molecule has 5 heteroatoms. The smallest absolute Gasteiger partial charge is 0.271 e. The Hall–Kier alpha value is -1.55. The van der Waals surface area contributed by atoms with Gasteiger partial charge in [0.15, 0.2) is 0 Å². The molecule has 2 aliphatic carbocycles. The zero-order chi connectivity index (χ0) is 14.8. The second-order valence-electron chi connectivity index (χ2n) is 6.12. The summed E-state index contributed by atoms with van der Waals surface area (Å²) in [7, 11) is 0. The van der Waals surface area contributed by atoms with Crippen molar-refractivity contribution < 1.29 is 9.59 Å². The number of rotatable bonds is 3. The first-order valence-corrected chi connectivity index (χ1v) is 7.85. The van der Waals surface area contributed by atoms with E-state index in [0.717, 1.165) is 12.3 Å². The van der Waals surface area contributed by atoms with Gasteiger partial charge in [-0.15, -0.1) is 0 Å². The number of amides is 2. The predicted molar refractivity (Wildman–Crippen MR) is 80.6 cm³/mol. The molecule has 4 nitrogen and oxygen atoms in total. The molecule has 2 amide bonds. The first-order chi connectivity index (χ1) is 10.1. The van der Waals surface area contributed by atoms with Crippen molar-refractivity contribution in [2.24, 2.45) is 17.8 Å². The van der Waals surface area contributed by atoms with Crippen molar-refractivity contribution in [3.63, 3.8) is 0 Å². The number of benzene rings is 1. The van der Waals surface area contributed by atoms with Crippen molar-refractivity contribution in [1.82, 2.24) is 10.9 Å². The molecule has 2 fully saturated rings. The number of carbonyl (C=O) groups excluding carboxylic acids is 2. The summed E-state index contributed by atoms with van der Waals surface area (Å²) in [6, 6.07) is 6.76. The fraction of sp³-hybridized carbons (Fsp3) is 0.500. The van der Waals surface area contributed by atoms with Gasteiger partial charge in [-0.05, 0) is 49.1 Å². The van der Waals surface area contributed by atoms with Crippen LogP contribution >= 0.6 is 11.6 Å². The number of nitrogens with one attached hydrogen (secondary N) is 2. The van der Waals surface area contributed by atoms with Crippen LogP contribution in [0, 0.1) is 17.8 Å². The van der Waals surface area contributed by atoms with Crippen molar-refractivity contribution in [1.29, 1.82) is 0 Å². The number of carbonyl (C=O) groups is 2. The maximum absolute atomic E-state index is 11.9. The van der Waals surface area contributed by atoms with Crippen LogP contribution in [0.3, 0.4) is 0 Å². The van der Waals surface area contributed by atoms with Gasteiger partial charge in [0.05, 0.1) is 10.6 Å². The van der Waals surface area contributed by atoms with E-state index >= 15 is 0 Å². The minimum absolute atomic E-state index is 0.118. The predicted octanol–water partition coefficient (Wildman–Crippen LogP) is 2.93. The lowest BCUT2D eigenvalue weighted by atomic mass is 9.86. The van der Waals surface area contributed by atoms with E-state index in [9.17, 15) is 9.59 Å². The molecule has 0 unspecified atom stereocenters. The second kappa shape index (κ2) is 6.06. The highest BCUT2D eigenvalue weighted by atomic mass is 35.5.